The van der Waals surface area contributed by atoms with E-state index in [1.54, 1.807) is 12.1 Å². The third kappa shape index (κ3) is 2.99. The van der Waals surface area contributed by atoms with Crippen LogP contribution < -0.4 is 4.90 Å². The predicted molar refractivity (Wildman–Crippen MR) is 83.3 cm³/mol. The second kappa shape index (κ2) is 6.47. The molecular weight excluding hydrogens is 278 g/mol. The van der Waals surface area contributed by atoms with E-state index in [0.717, 1.165) is 44.5 Å². The monoisotopic (exact) mass is 299 g/mol. The second-order valence-electron chi connectivity index (χ2n) is 6.10. The van der Waals surface area contributed by atoms with Gasteiger partial charge in [0.05, 0.1) is 23.8 Å². The van der Waals surface area contributed by atoms with Gasteiger partial charge in [0.1, 0.15) is 0 Å². The summed E-state index contributed by atoms with van der Waals surface area (Å²) in [6.45, 7) is 2.20. The summed E-state index contributed by atoms with van der Waals surface area (Å²) in [5.41, 5.74) is 1.45. The number of piperidine rings is 2. The van der Waals surface area contributed by atoms with Crippen molar-refractivity contribution in [2.45, 2.75) is 37.8 Å². The molecule has 2 atom stereocenters. The molecule has 5 heteroatoms. The third-order valence-electron chi connectivity index (χ3n) is 4.59. The summed E-state index contributed by atoms with van der Waals surface area (Å²) < 4.78 is 0. The van der Waals surface area contributed by atoms with Crippen molar-refractivity contribution in [2.75, 3.05) is 24.5 Å². The maximum Gasteiger partial charge on any atom is 0.244 e. The Hall–Kier alpha value is -1.90. The van der Waals surface area contributed by atoms with Crippen LogP contribution in [0.25, 0.3) is 0 Å². The highest BCUT2D eigenvalue weighted by molar-refractivity contribution is 5.98. The minimum absolute atomic E-state index is 0.116. The average molecular weight is 299 g/mol. The lowest BCUT2D eigenvalue weighted by molar-refractivity contribution is -0.126. The van der Waals surface area contributed by atoms with Crippen molar-refractivity contribution in [1.29, 1.82) is 5.26 Å². The first-order valence-electron chi connectivity index (χ1n) is 7.92. The van der Waals surface area contributed by atoms with Gasteiger partial charge in [0.2, 0.25) is 5.91 Å². The van der Waals surface area contributed by atoms with Gasteiger partial charge in [-0.25, -0.2) is 0 Å². The van der Waals surface area contributed by atoms with Gasteiger partial charge in [0.15, 0.2) is 0 Å². The third-order valence-corrected chi connectivity index (χ3v) is 4.59. The maximum absolute atomic E-state index is 12.8. The Morgan fingerprint density at radius 3 is 2.55 bits per heavy atom. The molecule has 2 unspecified atom stereocenters. The highest BCUT2D eigenvalue weighted by Gasteiger charge is 2.35. The lowest BCUT2D eigenvalue weighted by Gasteiger charge is -2.41. The molecule has 1 aromatic carbocycles. The summed E-state index contributed by atoms with van der Waals surface area (Å²) in [6.07, 6.45) is 3.28. The lowest BCUT2D eigenvalue weighted by atomic mass is 9.98. The number of aliphatic hydroxyl groups excluding tert-OH is 1. The second-order valence-corrected chi connectivity index (χ2v) is 6.10. The molecule has 0 saturated carbocycles. The highest BCUT2D eigenvalue weighted by Crippen LogP contribution is 2.26. The molecule has 1 aromatic rings. The number of aliphatic hydroxyl groups is 1. The Morgan fingerprint density at radius 2 is 1.86 bits per heavy atom. The Kier molecular flexibility index (Phi) is 4.41. The van der Waals surface area contributed by atoms with Crippen molar-refractivity contribution >= 4 is 11.6 Å². The van der Waals surface area contributed by atoms with Crippen molar-refractivity contribution in [3.05, 3.63) is 29.8 Å². The van der Waals surface area contributed by atoms with Gasteiger partial charge in [0.25, 0.3) is 0 Å². The quantitative estimate of drug-likeness (QED) is 0.899. The minimum atomic E-state index is -0.313. The molecule has 3 rings (SSSR count). The van der Waals surface area contributed by atoms with Crippen LogP contribution in [0.1, 0.15) is 31.2 Å². The zero-order valence-corrected chi connectivity index (χ0v) is 12.6. The van der Waals surface area contributed by atoms with Crippen molar-refractivity contribution in [2.24, 2.45) is 0 Å². The van der Waals surface area contributed by atoms with Gasteiger partial charge >= 0.3 is 0 Å². The van der Waals surface area contributed by atoms with Crippen LogP contribution in [-0.2, 0) is 4.79 Å². The molecule has 1 amide bonds. The molecule has 1 N–H and O–H groups in total. The molecule has 0 spiro atoms. The van der Waals surface area contributed by atoms with Crippen molar-refractivity contribution in [1.82, 2.24) is 4.90 Å². The van der Waals surface area contributed by atoms with Crippen molar-refractivity contribution < 1.29 is 9.90 Å². The average Bonchev–Trinajstić information content (AvgIpc) is 2.55. The molecule has 0 bridgehead atoms. The molecule has 2 fully saturated rings. The van der Waals surface area contributed by atoms with Crippen LogP contribution in [0.5, 0.6) is 0 Å². The Bertz CT molecular complexity index is 579. The van der Waals surface area contributed by atoms with E-state index in [4.69, 9.17) is 5.26 Å². The number of likely N-dealkylation sites (tertiary alicyclic amines) is 1. The number of hydrogen-bond acceptors (Lipinski definition) is 4. The fourth-order valence-corrected chi connectivity index (χ4v) is 3.43. The Balaban J connectivity index is 1.75. The molecule has 2 aliphatic rings. The fourth-order valence-electron chi connectivity index (χ4n) is 3.43. The van der Waals surface area contributed by atoms with Crippen LogP contribution in [0, 0.1) is 11.3 Å². The molecule has 0 aromatic heterocycles. The number of carbonyl (C=O) groups excluding carboxylic acids is 1. The summed E-state index contributed by atoms with van der Waals surface area (Å²) in [4.78, 5) is 16.8. The van der Waals surface area contributed by atoms with Gasteiger partial charge in [-0.15, -0.1) is 0 Å². The van der Waals surface area contributed by atoms with Crippen molar-refractivity contribution in [3.8, 4) is 6.07 Å². The highest BCUT2D eigenvalue weighted by atomic mass is 16.3. The maximum atomic E-state index is 12.8. The van der Waals surface area contributed by atoms with Gasteiger partial charge in [-0.2, -0.15) is 5.26 Å². The molecular formula is C17H21N3O2. The van der Waals surface area contributed by atoms with E-state index in [-0.39, 0.29) is 18.1 Å². The summed E-state index contributed by atoms with van der Waals surface area (Å²) in [7, 11) is 0. The zero-order valence-electron chi connectivity index (χ0n) is 12.6. The fraction of sp³-hybridized carbons (Fsp3) is 0.529. The first kappa shape index (κ1) is 15.0. The van der Waals surface area contributed by atoms with E-state index in [9.17, 15) is 9.90 Å². The van der Waals surface area contributed by atoms with Gasteiger partial charge in [-0.05, 0) is 56.5 Å². The first-order valence-corrected chi connectivity index (χ1v) is 7.92. The number of carbonyl (C=O) groups is 1. The van der Waals surface area contributed by atoms with Gasteiger partial charge < -0.3 is 10.0 Å². The van der Waals surface area contributed by atoms with E-state index in [1.807, 2.05) is 17.0 Å². The number of nitrogens with zero attached hydrogens (tertiary/aromatic N) is 3. The largest absolute Gasteiger partial charge is 0.392 e. The van der Waals surface area contributed by atoms with E-state index in [0.29, 0.717) is 12.1 Å². The summed E-state index contributed by atoms with van der Waals surface area (Å²) in [6, 6.07) is 9.14. The van der Waals surface area contributed by atoms with Crippen molar-refractivity contribution in [3.63, 3.8) is 0 Å². The number of rotatable bonds is 2. The molecule has 0 radical (unpaired) electrons. The van der Waals surface area contributed by atoms with Crippen LogP contribution in [0.3, 0.4) is 0 Å². The normalized spacial score (nSPS) is 26.7. The number of amides is 1. The number of hydrogen-bond donors (Lipinski definition) is 1. The molecule has 0 aliphatic carbocycles. The smallest absolute Gasteiger partial charge is 0.244 e. The minimum Gasteiger partial charge on any atom is -0.392 e. The number of benzene rings is 1. The molecule has 2 saturated heterocycles. The van der Waals surface area contributed by atoms with E-state index in [1.165, 1.54) is 0 Å². The lowest BCUT2D eigenvalue weighted by Crippen LogP contribution is -2.55. The van der Waals surface area contributed by atoms with Crippen LogP contribution in [0.15, 0.2) is 24.3 Å². The Morgan fingerprint density at radius 1 is 1.14 bits per heavy atom. The molecule has 116 valence electrons. The molecule has 2 heterocycles. The van der Waals surface area contributed by atoms with Crippen LogP contribution in [0.2, 0.25) is 0 Å². The molecule has 2 aliphatic heterocycles. The van der Waals surface area contributed by atoms with E-state index in [2.05, 4.69) is 11.0 Å². The molecule has 22 heavy (non-hydrogen) atoms. The first-order chi connectivity index (χ1) is 10.7. The Labute approximate surface area is 130 Å². The van der Waals surface area contributed by atoms with Crippen LogP contribution in [0.4, 0.5) is 5.69 Å². The molecule has 5 nitrogen and oxygen atoms in total. The predicted octanol–water partition coefficient (Wildman–Crippen LogP) is 1.51. The zero-order chi connectivity index (χ0) is 15.5. The number of β-amino-alcohol motifs (C(OH)–C–C–N with tert-alkyl or cyclic N) is 1. The summed E-state index contributed by atoms with van der Waals surface area (Å²) in [5.74, 6) is 0.116. The standard InChI is InChI=1S/C17H21N3O2/c18-11-13-5-7-14(8-6-13)20-10-2-4-16(17(20)22)19-9-1-3-15(21)12-19/h5-8,15-16,21H,1-4,9-10,12H2. The topological polar surface area (TPSA) is 67.6 Å². The number of anilines is 1. The van der Waals surface area contributed by atoms with Crippen LogP contribution in [-0.4, -0.2) is 47.7 Å². The SMILES string of the molecule is N#Cc1ccc(N2CCCC(N3CCCC(O)C3)C2=O)cc1. The summed E-state index contributed by atoms with van der Waals surface area (Å²) >= 11 is 0. The van der Waals surface area contributed by atoms with Gasteiger partial charge in [-0.3, -0.25) is 9.69 Å². The number of nitriles is 1. The van der Waals surface area contributed by atoms with Gasteiger partial charge in [0, 0.05) is 18.8 Å². The van der Waals surface area contributed by atoms with E-state index < -0.39 is 0 Å². The summed E-state index contributed by atoms with van der Waals surface area (Å²) in [5, 5.41) is 18.7. The van der Waals surface area contributed by atoms with Gasteiger partial charge in [-0.1, -0.05) is 0 Å². The van der Waals surface area contributed by atoms with E-state index >= 15 is 0 Å². The van der Waals surface area contributed by atoms with Crippen LogP contribution >= 0.6 is 0 Å².